The molecule has 4 aromatic rings. The van der Waals surface area contributed by atoms with Gasteiger partial charge in [-0.25, -0.2) is 9.97 Å². The maximum Gasteiger partial charge on any atom is 0.164 e. The molecule has 0 bridgehead atoms. The Bertz CT molecular complexity index is 1250. The van der Waals surface area contributed by atoms with Crippen LogP contribution >= 0.6 is 0 Å². The highest BCUT2D eigenvalue weighted by Gasteiger charge is 2.16. The summed E-state index contributed by atoms with van der Waals surface area (Å²) < 4.78 is 7.22. The first kappa shape index (κ1) is 20.5. The highest BCUT2D eigenvalue weighted by Crippen LogP contribution is 2.30. The van der Waals surface area contributed by atoms with Crippen LogP contribution in [0.3, 0.4) is 0 Å². The fourth-order valence-corrected chi connectivity index (χ4v) is 3.33. The van der Waals surface area contributed by atoms with Crippen LogP contribution in [0.2, 0.25) is 0 Å². The molecule has 0 aliphatic heterocycles. The lowest BCUT2D eigenvalue weighted by atomic mass is 10.1. The molecule has 0 aliphatic rings. The van der Waals surface area contributed by atoms with Gasteiger partial charge in [-0.2, -0.15) is 15.0 Å². The first-order valence-electron chi connectivity index (χ1n) is 10.4. The SMILES string of the molecule is CC(C)CCc1cc(-c2cnc(-n3ncc4cc(C#N)cnc43)cc2NC(C)C)no1. The normalized spacial score (nSPS) is 11.4. The Morgan fingerprint density at radius 3 is 2.68 bits per heavy atom. The third-order valence-electron chi connectivity index (χ3n) is 4.89. The Morgan fingerprint density at radius 2 is 1.94 bits per heavy atom. The number of nitriles is 1. The van der Waals surface area contributed by atoms with E-state index in [2.05, 4.69) is 59.3 Å². The van der Waals surface area contributed by atoms with Crippen LogP contribution in [0.1, 0.15) is 45.4 Å². The summed E-state index contributed by atoms with van der Waals surface area (Å²) in [5, 5.41) is 22.1. The van der Waals surface area contributed by atoms with Gasteiger partial charge in [0.1, 0.15) is 17.5 Å². The molecule has 4 aromatic heterocycles. The Kier molecular flexibility index (Phi) is 5.67. The molecule has 0 saturated heterocycles. The molecular weight excluding hydrogens is 390 g/mol. The van der Waals surface area contributed by atoms with Gasteiger partial charge in [-0.15, -0.1) is 0 Å². The third kappa shape index (κ3) is 4.40. The predicted octanol–water partition coefficient (Wildman–Crippen LogP) is 4.75. The van der Waals surface area contributed by atoms with Crippen molar-refractivity contribution in [3.8, 4) is 23.1 Å². The Hall–Kier alpha value is -3.73. The van der Waals surface area contributed by atoms with E-state index in [9.17, 15) is 0 Å². The highest BCUT2D eigenvalue weighted by atomic mass is 16.5. The van der Waals surface area contributed by atoms with E-state index in [1.165, 1.54) is 6.20 Å². The molecule has 0 aromatic carbocycles. The van der Waals surface area contributed by atoms with Crippen molar-refractivity contribution in [3.63, 3.8) is 0 Å². The number of aryl methyl sites for hydroxylation is 1. The van der Waals surface area contributed by atoms with Gasteiger partial charge in [-0.1, -0.05) is 19.0 Å². The number of nitrogens with zero attached hydrogens (tertiary/aromatic N) is 6. The standard InChI is InChI=1S/C23H25N7O/c1-14(2)5-6-18-8-21(29-31-18)19-13-25-22(9-20(19)28-15(3)4)30-23-17(12-27-30)7-16(10-24)11-26-23/h7-9,11-15H,5-6H2,1-4H3,(H,25,28). The van der Waals surface area contributed by atoms with E-state index in [-0.39, 0.29) is 6.04 Å². The molecule has 31 heavy (non-hydrogen) atoms. The van der Waals surface area contributed by atoms with Crippen LogP contribution in [-0.4, -0.2) is 30.9 Å². The maximum absolute atomic E-state index is 9.09. The fraction of sp³-hybridized carbons (Fsp3) is 0.348. The minimum Gasteiger partial charge on any atom is -0.382 e. The molecule has 0 spiro atoms. The van der Waals surface area contributed by atoms with E-state index in [0.29, 0.717) is 22.9 Å². The van der Waals surface area contributed by atoms with Crippen molar-refractivity contribution < 1.29 is 4.52 Å². The van der Waals surface area contributed by atoms with Gasteiger partial charge in [0.05, 0.1) is 11.8 Å². The number of pyridine rings is 2. The molecule has 0 unspecified atom stereocenters. The molecule has 0 radical (unpaired) electrons. The molecule has 0 aliphatic carbocycles. The summed E-state index contributed by atoms with van der Waals surface area (Å²) in [4.78, 5) is 9.00. The quantitative estimate of drug-likeness (QED) is 0.464. The van der Waals surface area contributed by atoms with Gasteiger partial charge in [0, 0.05) is 53.6 Å². The van der Waals surface area contributed by atoms with Gasteiger partial charge in [0.25, 0.3) is 0 Å². The topological polar surface area (TPSA) is 105 Å². The van der Waals surface area contributed by atoms with Crippen molar-refractivity contribution in [3.05, 3.63) is 48.1 Å². The van der Waals surface area contributed by atoms with Gasteiger partial charge in [0.15, 0.2) is 11.5 Å². The van der Waals surface area contributed by atoms with Crippen LogP contribution in [0.15, 0.2) is 41.3 Å². The van der Waals surface area contributed by atoms with Crippen LogP contribution in [-0.2, 0) is 6.42 Å². The summed E-state index contributed by atoms with van der Waals surface area (Å²) in [7, 11) is 0. The average molecular weight is 416 g/mol. The van der Waals surface area contributed by atoms with E-state index in [1.807, 2.05) is 12.1 Å². The summed E-state index contributed by atoms with van der Waals surface area (Å²) in [5.74, 6) is 2.11. The molecule has 1 N–H and O–H groups in total. The Balaban J connectivity index is 1.72. The molecule has 158 valence electrons. The molecule has 0 saturated carbocycles. The van der Waals surface area contributed by atoms with E-state index in [4.69, 9.17) is 9.78 Å². The van der Waals surface area contributed by atoms with E-state index < -0.39 is 0 Å². The van der Waals surface area contributed by atoms with E-state index in [1.54, 1.807) is 23.1 Å². The maximum atomic E-state index is 9.09. The lowest BCUT2D eigenvalue weighted by Crippen LogP contribution is -2.12. The average Bonchev–Trinajstić information content (AvgIpc) is 3.38. The molecule has 8 heteroatoms. The molecule has 4 heterocycles. The molecular formula is C23H25N7O. The minimum atomic E-state index is 0.215. The first-order valence-corrected chi connectivity index (χ1v) is 10.4. The fourth-order valence-electron chi connectivity index (χ4n) is 3.33. The Labute approximate surface area is 180 Å². The summed E-state index contributed by atoms with van der Waals surface area (Å²) >= 11 is 0. The lowest BCUT2D eigenvalue weighted by molar-refractivity contribution is 0.375. The van der Waals surface area contributed by atoms with Crippen molar-refractivity contribution in [2.45, 2.75) is 46.6 Å². The number of anilines is 1. The molecule has 0 fully saturated rings. The van der Waals surface area contributed by atoms with Crippen LogP contribution in [0.25, 0.3) is 28.1 Å². The number of rotatable bonds is 7. The van der Waals surface area contributed by atoms with E-state index in [0.717, 1.165) is 40.9 Å². The van der Waals surface area contributed by atoms with Crippen LogP contribution in [0.5, 0.6) is 0 Å². The van der Waals surface area contributed by atoms with Gasteiger partial charge < -0.3 is 9.84 Å². The smallest absolute Gasteiger partial charge is 0.164 e. The van der Waals surface area contributed by atoms with Gasteiger partial charge in [-0.05, 0) is 32.3 Å². The minimum absolute atomic E-state index is 0.215. The molecule has 8 nitrogen and oxygen atoms in total. The van der Waals surface area contributed by atoms with Crippen LogP contribution < -0.4 is 5.32 Å². The molecule has 4 rings (SSSR count). The third-order valence-corrected chi connectivity index (χ3v) is 4.89. The second kappa shape index (κ2) is 8.56. The van der Waals surface area contributed by atoms with Gasteiger partial charge in [-0.3, -0.25) is 0 Å². The second-order valence-corrected chi connectivity index (χ2v) is 8.30. The summed E-state index contributed by atoms with van der Waals surface area (Å²) in [6.07, 6.45) is 6.92. The van der Waals surface area contributed by atoms with Crippen molar-refractivity contribution in [1.82, 2.24) is 24.9 Å². The number of fused-ring (bicyclic) bond motifs is 1. The molecule has 0 atom stereocenters. The van der Waals surface area contributed by atoms with Gasteiger partial charge in [0.2, 0.25) is 0 Å². The van der Waals surface area contributed by atoms with Crippen molar-refractivity contribution in [2.24, 2.45) is 5.92 Å². The predicted molar refractivity (Wildman–Crippen MR) is 119 cm³/mol. The number of hydrogen-bond acceptors (Lipinski definition) is 7. The summed E-state index contributed by atoms with van der Waals surface area (Å²) in [6.45, 7) is 8.54. The lowest BCUT2D eigenvalue weighted by Gasteiger charge is -2.14. The van der Waals surface area contributed by atoms with Crippen molar-refractivity contribution in [1.29, 1.82) is 5.26 Å². The zero-order valence-corrected chi connectivity index (χ0v) is 18.1. The summed E-state index contributed by atoms with van der Waals surface area (Å²) in [6, 6.07) is 8.00. The monoisotopic (exact) mass is 415 g/mol. The van der Waals surface area contributed by atoms with Crippen molar-refractivity contribution in [2.75, 3.05) is 5.32 Å². The second-order valence-electron chi connectivity index (χ2n) is 8.30. The Morgan fingerprint density at radius 1 is 1.10 bits per heavy atom. The highest BCUT2D eigenvalue weighted by molar-refractivity contribution is 5.79. The zero-order valence-electron chi connectivity index (χ0n) is 18.1. The van der Waals surface area contributed by atoms with Crippen LogP contribution in [0, 0.1) is 17.2 Å². The largest absolute Gasteiger partial charge is 0.382 e. The zero-order chi connectivity index (χ0) is 22.0. The number of aromatic nitrogens is 5. The van der Waals surface area contributed by atoms with E-state index >= 15 is 0 Å². The number of hydrogen-bond donors (Lipinski definition) is 1. The first-order chi connectivity index (χ1) is 14.9. The summed E-state index contributed by atoms with van der Waals surface area (Å²) in [5.41, 5.74) is 3.65. The number of nitrogens with one attached hydrogen (secondary N) is 1. The molecule has 0 amide bonds. The van der Waals surface area contributed by atoms with Crippen molar-refractivity contribution >= 4 is 16.7 Å². The van der Waals surface area contributed by atoms with Gasteiger partial charge >= 0.3 is 0 Å². The van der Waals surface area contributed by atoms with Crippen LogP contribution in [0.4, 0.5) is 5.69 Å².